The highest BCUT2D eigenvalue weighted by Crippen LogP contribution is 2.30. The molecule has 0 spiro atoms. The van der Waals surface area contributed by atoms with Gasteiger partial charge in [-0.3, -0.25) is 0 Å². The Kier molecular flexibility index (Phi) is 2.68. The molecule has 2 aromatic rings. The van der Waals surface area contributed by atoms with Crippen LogP contribution in [0, 0.1) is 12.7 Å². The monoisotopic (exact) mass is 248 g/mol. The van der Waals surface area contributed by atoms with Crippen molar-refractivity contribution in [2.75, 3.05) is 6.54 Å². The normalized spacial score (nSPS) is 14.7. The first-order valence-corrected chi connectivity index (χ1v) is 6.51. The van der Waals surface area contributed by atoms with Crippen molar-refractivity contribution in [3.8, 4) is 10.6 Å². The van der Waals surface area contributed by atoms with Crippen LogP contribution in [0.1, 0.15) is 16.1 Å². The molecule has 0 bridgehead atoms. The fourth-order valence-electron chi connectivity index (χ4n) is 2.11. The summed E-state index contributed by atoms with van der Waals surface area (Å²) in [5.41, 5.74) is 3.00. The molecule has 1 N–H and O–H groups in total. The lowest BCUT2D eigenvalue weighted by Crippen LogP contribution is -2.22. The molecule has 1 aliphatic rings. The predicted octanol–water partition coefficient (Wildman–Crippen LogP) is 2.90. The standard InChI is InChI=1S/C13H13FN2S/c1-8-4-9(6-10(14)5-8)13-16-11-2-3-15-7-12(11)17-13/h4-6,15H,2-3,7H2,1H3. The van der Waals surface area contributed by atoms with E-state index in [0.29, 0.717) is 0 Å². The SMILES string of the molecule is Cc1cc(F)cc(-c2nc3c(s2)CNCC3)c1. The number of thiazole rings is 1. The van der Waals surface area contributed by atoms with Gasteiger partial charge in [-0.05, 0) is 30.7 Å². The van der Waals surface area contributed by atoms with Gasteiger partial charge in [0.15, 0.2) is 0 Å². The van der Waals surface area contributed by atoms with Gasteiger partial charge in [0.1, 0.15) is 10.8 Å². The van der Waals surface area contributed by atoms with Crippen molar-refractivity contribution in [3.63, 3.8) is 0 Å². The maximum Gasteiger partial charge on any atom is 0.124 e. The molecule has 17 heavy (non-hydrogen) atoms. The summed E-state index contributed by atoms with van der Waals surface area (Å²) in [4.78, 5) is 5.90. The Morgan fingerprint density at radius 3 is 3.00 bits per heavy atom. The third-order valence-electron chi connectivity index (χ3n) is 2.89. The summed E-state index contributed by atoms with van der Waals surface area (Å²) in [5.74, 6) is -0.189. The van der Waals surface area contributed by atoms with E-state index in [2.05, 4.69) is 10.3 Å². The first-order valence-electron chi connectivity index (χ1n) is 5.69. The van der Waals surface area contributed by atoms with E-state index in [9.17, 15) is 4.39 Å². The van der Waals surface area contributed by atoms with Gasteiger partial charge in [0.2, 0.25) is 0 Å². The quantitative estimate of drug-likeness (QED) is 0.839. The van der Waals surface area contributed by atoms with Crippen molar-refractivity contribution in [3.05, 3.63) is 40.2 Å². The molecule has 88 valence electrons. The number of fused-ring (bicyclic) bond motifs is 1. The first-order chi connectivity index (χ1) is 8.22. The topological polar surface area (TPSA) is 24.9 Å². The highest BCUT2D eigenvalue weighted by molar-refractivity contribution is 7.15. The number of nitrogens with one attached hydrogen (secondary N) is 1. The van der Waals surface area contributed by atoms with Gasteiger partial charge in [-0.15, -0.1) is 11.3 Å². The number of aromatic nitrogens is 1. The molecule has 0 saturated carbocycles. The van der Waals surface area contributed by atoms with Crippen LogP contribution < -0.4 is 5.32 Å². The Morgan fingerprint density at radius 1 is 1.35 bits per heavy atom. The summed E-state index contributed by atoms with van der Waals surface area (Å²) < 4.78 is 13.4. The molecule has 0 fully saturated rings. The lowest BCUT2D eigenvalue weighted by Gasteiger charge is -2.09. The molecule has 2 heterocycles. The predicted molar refractivity (Wildman–Crippen MR) is 67.7 cm³/mol. The molecule has 1 aromatic carbocycles. The van der Waals surface area contributed by atoms with Crippen LogP contribution in [0.3, 0.4) is 0 Å². The van der Waals surface area contributed by atoms with Gasteiger partial charge in [0.25, 0.3) is 0 Å². The minimum Gasteiger partial charge on any atom is -0.311 e. The minimum atomic E-state index is -0.189. The summed E-state index contributed by atoms with van der Waals surface area (Å²) in [7, 11) is 0. The second-order valence-electron chi connectivity index (χ2n) is 4.33. The van der Waals surface area contributed by atoms with Gasteiger partial charge >= 0.3 is 0 Å². The molecule has 0 unspecified atom stereocenters. The Bertz CT molecular complexity index is 519. The molecule has 0 aliphatic carbocycles. The Labute approximate surface area is 104 Å². The molecule has 0 amide bonds. The molecule has 2 nitrogen and oxygen atoms in total. The van der Waals surface area contributed by atoms with Crippen LogP contribution in [0.5, 0.6) is 0 Å². The third kappa shape index (κ3) is 2.10. The average molecular weight is 248 g/mol. The lowest BCUT2D eigenvalue weighted by atomic mass is 10.1. The fourth-order valence-corrected chi connectivity index (χ4v) is 3.17. The van der Waals surface area contributed by atoms with Gasteiger partial charge in [-0.2, -0.15) is 0 Å². The second-order valence-corrected chi connectivity index (χ2v) is 5.42. The van der Waals surface area contributed by atoms with E-state index in [-0.39, 0.29) is 5.82 Å². The van der Waals surface area contributed by atoms with E-state index < -0.39 is 0 Å². The number of rotatable bonds is 1. The van der Waals surface area contributed by atoms with Crippen LogP contribution in [-0.2, 0) is 13.0 Å². The summed E-state index contributed by atoms with van der Waals surface area (Å²) in [6.07, 6.45) is 0.972. The molecular weight excluding hydrogens is 235 g/mol. The van der Waals surface area contributed by atoms with Crippen molar-refractivity contribution in [2.24, 2.45) is 0 Å². The van der Waals surface area contributed by atoms with Gasteiger partial charge in [-0.25, -0.2) is 9.37 Å². The summed E-state index contributed by atoms with van der Waals surface area (Å²) in [6, 6.07) is 5.09. The highest BCUT2D eigenvalue weighted by atomic mass is 32.1. The molecule has 3 rings (SSSR count). The molecule has 1 aliphatic heterocycles. The maximum absolute atomic E-state index is 13.4. The number of halogens is 1. The number of aryl methyl sites for hydroxylation is 1. The van der Waals surface area contributed by atoms with E-state index in [0.717, 1.165) is 35.6 Å². The van der Waals surface area contributed by atoms with Crippen LogP contribution in [0.2, 0.25) is 0 Å². The zero-order chi connectivity index (χ0) is 11.8. The number of nitrogens with zero attached hydrogens (tertiary/aromatic N) is 1. The van der Waals surface area contributed by atoms with Crippen molar-refractivity contribution in [1.29, 1.82) is 0 Å². The van der Waals surface area contributed by atoms with Crippen molar-refractivity contribution >= 4 is 11.3 Å². The first kappa shape index (κ1) is 10.9. The Morgan fingerprint density at radius 2 is 2.24 bits per heavy atom. The lowest BCUT2D eigenvalue weighted by molar-refractivity contribution is 0.627. The minimum absolute atomic E-state index is 0.189. The molecule has 1 aromatic heterocycles. The van der Waals surface area contributed by atoms with Crippen LogP contribution in [0.4, 0.5) is 4.39 Å². The molecule has 0 atom stereocenters. The van der Waals surface area contributed by atoms with E-state index in [1.165, 1.54) is 10.6 Å². The van der Waals surface area contributed by atoms with Crippen LogP contribution in [0.15, 0.2) is 18.2 Å². The smallest absolute Gasteiger partial charge is 0.124 e. The zero-order valence-electron chi connectivity index (χ0n) is 9.59. The number of hydrogen-bond acceptors (Lipinski definition) is 3. The van der Waals surface area contributed by atoms with E-state index >= 15 is 0 Å². The van der Waals surface area contributed by atoms with Gasteiger partial charge in [0.05, 0.1) is 5.69 Å². The fraction of sp³-hybridized carbons (Fsp3) is 0.308. The largest absolute Gasteiger partial charge is 0.311 e. The van der Waals surface area contributed by atoms with Crippen LogP contribution >= 0.6 is 11.3 Å². The zero-order valence-corrected chi connectivity index (χ0v) is 10.4. The summed E-state index contributed by atoms with van der Waals surface area (Å²) in [5, 5.41) is 4.26. The maximum atomic E-state index is 13.4. The second kappa shape index (κ2) is 4.20. The molecule has 0 saturated heterocycles. The van der Waals surface area contributed by atoms with Crippen molar-refractivity contribution in [2.45, 2.75) is 19.9 Å². The Hall–Kier alpha value is -1.26. The van der Waals surface area contributed by atoms with Crippen LogP contribution in [0.25, 0.3) is 10.6 Å². The third-order valence-corrected chi connectivity index (χ3v) is 4.04. The van der Waals surface area contributed by atoms with Crippen molar-refractivity contribution in [1.82, 2.24) is 10.3 Å². The van der Waals surface area contributed by atoms with Gasteiger partial charge in [0, 0.05) is 30.0 Å². The van der Waals surface area contributed by atoms with E-state index in [4.69, 9.17) is 0 Å². The van der Waals surface area contributed by atoms with Crippen LogP contribution in [-0.4, -0.2) is 11.5 Å². The van der Waals surface area contributed by atoms with Crippen molar-refractivity contribution < 1.29 is 4.39 Å². The highest BCUT2D eigenvalue weighted by Gasteiger charge is 2.15. The van der Waals surface area contributed by atoms with Gasteiger partial charge < -0.3 is 5.32 Å². The van der Waals surface area contributed by atoms with E-state index in [1.54, 1.807) is 23.5 Å². The number of benzene rings is 1. The van der Waals surface area contributed by atoms with E-state index in [1.807, 2.05) is 13.0 Å². The average Bonchev–Trinajstić information content (AvgIpc) is 2.71. The molecule has 0 radical (unpaired) electrons. The summed E-state index contributed by atoms with van der Waals surface area (Å²) >= 11 is 1.67. The summed E-state index contributed by atoms with van der Waals surface area (Å²) in [6.45, 7) is 3.78. The molecule has 4 heteroatoms. The van der Waals surface area contributed by atoms with Gasteiger partial charge in [-0.1, -0.05) is 0 Å². The Balaban J connectivity index is 2.05. The molecular formula is C13H13FN2S. The number of hydrogen-bond donors (Lipinski definition) is 1.